The zero-order chi connectivity index (χ0) is 27.7. The molecule has 0 radical (unpaired) electrons. The number of carbonyl (C=O) groups excluding carboxylic acids is 2. The lowest BCUT2D eigenvalue weighted by molar-refractivity contribution is -0.0735. The number of carbonyl (C=O) groups is 2. The summed E-state index contributed by atoms with van der Waals surface area (Å²) in [6.07, 6.45) is 9.52. The number of para-hydroxylation sites is 2. The Kier molecular flexibility index (Phi) is 7.15. The van der Waals surface area contributed by atoms with Gasteiger partial charge in [-0.1, -0.05) is 61.0 Å². The molecule has 40 heavy (non-hydrogen) atoms. The maximum absolute atomic E-state index is 12.7. The quantitative estimate of drug-likeness (QED) is 0.302. The number of amides is 2. The Morgan fingerprint density at radius 1 is 0.800 bits per heavy atom. The Bertz CT molecular complexity index is 1310. The monoisotopic (exact) mass is 541 g/mol. The molecule has 0 spiro atoms. The van der Waals surface area contributed by atoms with Crippen molar-refractivity contribution in [3.8, 4) is 0 Å². The number of anilines is 2. The van der Waals surface area contributed by atoms with E-state index in [9.17, 15) is 9.59 Å². The minimum atomic E-state index is -0.573. The predicted octanol–water partition coefficient (Wildman–Crippen LogP) is 8.17. The number of fused-ring (bicyclic) bond motifs is 5. The van der Waals surface area contributed by atoms with Crippen LogP contribution < -0.4 is 10.6 Å². The van der Waals surface area contributed by atoms with Crippen molar-refractivity contribution in [1.29, 1.82) is 0 Å². The number of hydrogen-bond acceptors (Lipinski definition) is 5. The molecule has 2 aromatic rings. The Morgan fingerprint density at radius 3 is 2.17 bits per heavy atom. The number of nitrogens with zero attached hydrogens (tertiary/aromatic N) is 1. The van der Waals surface area contributed by atoms with Gasteiger partial charge in [-0.15, -0.1) is 0 Å². The van der Waals surface area contributed by atoms with E-state index in [0.717, 1.165) is 62.8 Å². The lowest BCUT2D eigenvalue weighted by Crippen LogP contribution is -2.51. The standard InChI is InChI=1S/C33H39N3O4/c1-32-19-17-25(36-40-31(38)35-24-11-7-4-8-12-24)21-22(32)13-14-26-27-15-16-29(33(27,2)20-18-28(26)32)39-30(37)34-23-9-5-3-6-10-23/h3-12,21,26-29H,13-20H2,1-2H3,(H,34,37)(H,35,38)/t26-,27?,28?,29-,32-,33-/m0/s1. The van der Waals surface area contributed by atoms with Crippen molar-refractivity contribution in [2.24, 2.45) is 33.7 Å². The summed E-state index contributed by atoms with van der Waals surface area (Å²) in [7, 11) is 0. The fraction of sp³-hybridized carbons (Fsp3) is 0.485. The second-order valence-electron chi connectivity index (χ2n) is 12.5. The van der Waals surface area contributed by atoms with E-state index in [1.807, 2.05) is 60.7 Å². The molecule has 2 N–H and O–H groups in total. The molecule has 2 unspecified atom stereocenters. The summed E-state index contributed by atoms with van der Waals surface area (Å²) in [5.74, 6) is 1.82. The molecule has 0 heterocycles. The van der Waals surface area contributed by atoms with Crippen LogP contribution >= 0.6 is 0 Å². The van der Waals surface area contributed by atoms with Gasteiger partial charge in [-0.05, 0) is 105 Å². The van der Waals surface area contributed by atoms with Crippen molar-refractivity contribution in [3.05, 3.63) is 72.3 Å². The number of allylic oxidation sites excluding steroid dienone is 2. The van der Waals surface area contributed by atoms with E-state index in [2.05, 4.69) is 35.7 Å². The van der Waals surface area contributed by atoms with Gasteiger partial charge in [0.25, 0.3) is 0 Å². The smallest absolute Gasteiger partial charge is 0.437 e. The van der Waals surface area contributed by atoms with Crippen LogP contribution in [0.5, 0.6) is 0 Å². The Balaban J connectivity index is 1.10. The van der Waals surface area contributed by atoms with E-state index in [4.69, 9.17) is 9.57 Å². The summed E-state index contributed by atoms with van der Waals surface area (Å²) in [6.45, 7) is 4.80. The molecule has 210 valence electrons. The molecule has 7 heteroatoms. The highest BCUT2D eigenvalue weighted by Gasteiger charge is 2.60. The third-order valence-electron chi connectivity index (χ3n) is 10.4. The first-order valence-electron chi connectivity index (χ1n) is 14.7. The van der Waals surface area contributed by atoms with Crippen LogP contribution in [-0.2, 0) is 9.57 Å². The van der Waals surface area contributed by atoms with Crippen molar-refractivity contribution in [2.45, 2.75) is 71.3 Å². The van der Waals surface area contributed by atoms with Gasteiger partial charge in [-0.25, -0.2) is 9.59 Å². The molecule has 4 aliphatic carbocycles. The average molecular weight is 542 g/mol. The molecular formula is C33H39N3O4. The van der Waals surface area contributed by atoms with Crippen molar-refractivity contribution < 1.29 is 19.2 Å². The summed E-state index contributed by atoms with van der Waals surface area (Å²) >= 11 is 0. The second-order valence-corrected chi connectivity index (χ2v) is 12.5. The molecule has 0 bridgehead atoms. The van der Waals surface area contributed by atoms with Gasteiger partial charge in [0, 0.05) is 16.8 Å². The fourth-order valence-corrected chi connectivity index (χ4v) is 8.35. The van der Waals surface area contributed by atoms with Crippen LogP contribution in [0.15, 0.2) is 77.5 Å². The molecule has 6 rings (SSSR count). The predicted molar refractivity (Wildman–Crippen MR) is 156 cm³/mol. The zero-order valence-corrected chi connectivity index (χ0v) is 23.4. The van der Waals surface area contributed by atoms with Gasteiger partial charge in [0.2, 0.25) is 0 Å². The summed E-state index contributed by atoms with van der Waals surface area (Å²) < 4.78 is 6.07. The highest BCUT2D eigenvalue weighted by atomic mass is 16.7. The van der Waals surface area contributed by atoms with E-state index < -0.39 is 6.09 Å². The van der Waals surface area contributed by atoms with E-state index in [1.54, 1.807) is 0 Å². The van der Waals surface area contributed by atoms with Crippen LogP contribution in [-0.4, -0.2) is 24.0 Å². The van der Waals surface area contributed by atoms with Crippen molar-refractivity contribution >= 4 is 29.3 Å². The molecule has 2 aromatic carbocycles. The first kappa shape index (κ1) is 26.6. The molecule has 0 aliphatic heterocycles. The highest BCUT2D eigenvalue weighted by molar-refractivity contribution is 5.97. The van der Waals surface area contributed by atoms with Gasteiger partial charge >= 0.3 is 12.2 Å². The van der Waals surface area contributed by atoms with Gasteiger partial charge in [-0.2, -0.15) is 0 Å². The summed E-state index contributed by atoms with van der Waals surface area (Å²) in [5, 5.41) is 9.82. The van der Waals surface area contributed by atoms with Crippen molar-refractivity contribution in [2.75, 3.05) is 10.6 Å². The maximum atomic E-state index is 12.7. The number of rotatable bonds is 4. The van der Waals surface area contributed by atoms with Crippen LogP contribution in [0.3, 0.4) is 0 Å². The molecule has 3 fully saturated rings. The number of ether oxygens (including phenoxy) is 1. The second kappa shape index (κ2) is 10.8. The molecule has 0 saturated heterocycles. The first-order valence-corrected chi connectivity index (χ1v) is 14.7. The Morgan fingerprint density at radius 2 is 1.48 bits per heavy atom. The molecule has 7 nitrogen and oxygen atoms in total. The lowest BCUT2D eigenvalue weighted by Gasteiger charge is -2.57. The molecule has 0 aromatic heterocycles. The largest absolute Gasteiger partial charge is 0.445 e. The summed E-state index contributed by atoms with van der Waals surface area (Å²) in [5.41, 5.74) is 3.89. The SMILES string of the molecule is C[C@]12CCC(=NOC(=O)Nc3ccccc3)C=C1CC[C@@H]1C2CC[C@@]2(C)C1CC[C@@H]2OC(=O)Nc1ccccc1. The van der Waals surface area contributed by atoms with Crippen LogP contribution in [0.25, 0.3) is 0 Å². The van der Waals surface area contributed by atoms with Crippen LogP contribution in [0, 0.1) is 28.6 Å². The first-order chi connectivity index (χ1) is 19.3. The molecule has 2 amide bonds. The zero-order valence-electron chi connectivity index (χ0n) is 23.4. The van der Waals surface area contributed by atoms with Crippen LogP contribution in [0.4, 0.5) is 21.0 Å². The number of benzene rings is 2. The van der Waals surface area contributed by atoms with Gasteiger partial charge in [-0.3, -0.25) is 15.5 Å². The normalized spacial score (nSPS) is 33.5. The number of nitrogens with one attached hydrogen (secondary N) is 2. The molecule has 6 atom stereocenters. The highest BCUT2D eigenvalue weighted by Crippen LogP contribution is 2.65. The summed E-state index contributed by atoms with van der Waals surface area (Å²) in [6, 6.07) is 18.8. The Labute approximate surface area is 236 Å². The van der Waals surface area contributed by atoms with Crippen LogP contribution in [0.2, 0.25) is 0 Å². The van der Waals surface area contributed by atoms with Gasteiger partial charge in [0.05, 0.1) is 5.71 Å². The third kappa shape index (κ3) is 5.02. The van der Waals surface area contributed by atoms with E-state index in [-0.39, 0.29) is 23.0 Å². The summed E-state index contributed by atoms with van der Waals surface area (Å²) in [4.78, 5) is 30.2. The van der Waals surface area contributed by atoms with E-state index >= 15 is 0 Å². The molecule has 3 saturated carbocycles. The molecular weight excluding hydrogens is 502 g/mol. The van der Waals surface area contributed by atoms with Gasteiger partial charge in [0.15, 0.2) is 0 Å². The number of hydrogen-bond donors (Lipinski definition) is 2. The minimum absolute atomic E-state index is 0.0218. The molecule has 4 aliphatic rings. The average Bonchev–Trinajstić information content (AvgIpc) is 3.28. The fourth-order valence-electron chi connectivity index (χ4n) is 8.35. The minimum Gasteiger partial charge on any atom is -0.445 e. The number of oxime groups is 1. The third-order valence-corrected chi connectivity index (χ3v) is 10.4. The van der Waals surface area contributed by atoms with Crippen molar-refractivity contribution in [3.63, 3.8) is 0 Å². The Hall–Kier alpha value is -3.61. The van der Waals surface area contributed by atoms with E-state index in [0.29, 0.717) is 23.4 Å². The van der Waals surface area contributed by atoms with Crippen molar-refractivity contribution in [1.82, 2.24) is 0 Å². The topological polar surface area (TPSA) is 89.0 Å². The van der Waals surface area contributed by atoms with Gasteiger partial charge in [0.1, 0.15) is 6.10 Å². The van der Waals surface area contributed by atoms with Crippen LogP contribution in [0.1, 0.15) is 65.2 Å². The maximum Gasteiger partial charge on any atom is 0.437 e. The van der Waals surface area contributed by atoms with E-state index in [1.165, 1.54) is 5.57 Å². The van der Waals surface area contributed by atoms with Gasteiger partial charge < -0.3 is 4.74 Å². The lowest BCUT2D eigenvalue weighted by atomic mass is 9.47.